The number of rotatable bonds is 4. The second-order valence-corrected chi connectivity index (χ2v) is 4.21. The predicted molar refractivity (Wildman–Crippen MR) is 66.0 cm³/mol. The molecule has 2 aromatic rings. The van der Waals surface area contributed by atoms with Gasteiger partial charge >= 0.3 is 6.03 Å². The van der Waals surface area contributed by atoms with E-state index in [2.05, 4.69) is 25.6 Å². The van der Waals surface area contributed by atoms with Gasteiger partial charge in [0.15, 0.2) is 0 Å². The lowest BCUT2D eigenvalue weighted by Gasteiger charge is -2.12. The summed E-state index contributed by atoms with van der Waals surface area (Å²) in [5.41, 5.74) is 1.55. The number of amides is 2. The monoisotopic (exact) mass is 259 g/mol. The van der Waals surface area contributed by atoms with E-state index >= 15 is 0 Å². The van der Waals surface area contributed by atoms with Crippen molar-refractivity contribution in [2.75, 3.05) is 19.6 Å². The van der Waals surface area contributed by atoms with Gasteiger partial charge in [0.25, 0.3) is 0 Å². The number of urea groups is 1. The highest BCUT2D eigenvalue weighted by atomic mass is 16.2. The van der Waals surface area contributed by atoms with E-state index in [1.165, 1.54) is 6.33 Å². The molecule has 2 aromatic heterocycles. The Bertz CT molecular complexity index is 567. The molecule has 0 radical (unpaired) electrons. The number of carbonyl (C=O) groups is 1. The Morgan fingerprint density at radius 1 is 1.26 bits per heavy atom. The molecule has 8 nitrogen and oxygen atoms in total. The molecule has 0 saturated carbocycles. The van der Waals surface area contributed by atoms with Crippen molar-refractivity contribution in [3.8, 4) is 11.3 Å². The SMILES string of the molecule is O=C1NCCN1CCn1cc(-c2cncnc2)nn1. The predicted octanol–water partition coefficient (Wildman–Crippen LogP) is -0.240. The van der Waals surface area contributed by atoms with Crippen LogP contribution in [-0.2, 0) is 6.54 Å². The molecule has 98 valence electrons. The van der Waals surface area contributed by atoms with E-state index in [0.717, 1.165) is 17.8 Å². The maximum absolute atomic E-state index is 11.4. The van der Waals surface area contributed by atoms with Crippen molar-refractivity contribution < 1.29 is 4.79 Å². The van der Waals surface area contributed by atoms with Crippen LogP contribution in [-0.4, -0.2) is 55.5 Å². The minimum atomic E-state index is -0.0169. The van der Waals surface area contributed by atoms with Crippen LogP contribution in [0.1, 0.15) is 0 Å². The first-order valence-corrected chi connectivity index (χ1v) is 6.01. The molecule has 1 aliphatic rings. The Kier molecular flexibility index (Phi) is 3.05. The van der Waals surface area contributed by atoms with Gasteiger partial charge in [-0.15, -0.1) is 5.10 Å². The van der Waals surface area contributed by atoms with Crippen LogP contribution in [0.2, 0.25) is 0 Å². The fraction of sp³-hybridized carbons (Fsp3) is 0.364. The molecule has 1 aliphatic heterocycles. The minimum Gasteiger partial charge on any atom is -0.336 e. The van der Waals surface area contributed by atoms with Gasteiger partial charge < -0.3 is 10.2 Å². The van der Waals surface area contributed by atoms with Crippen molar-refractivity contribution in [1.29, 1.82) is 0 Å². The summed E-state index contributed by atoms with van der Waals surface area (Å²) in [6, 6.07) is -0.0169. The van der Waals surface area contributed by atoms with Gasteiger partial charge in [-0.25, -0.2) is 14.8 Å². The minimum absolute atomic E-state index is 0.0169. The Hall–Kier alpha value is -2.51. The summed E-state index contributed by atoms with van der Waals surface area (Å²) in [4.78, 5) is 21.0. The van der Waals surface area contributed by atoms with Gasteiger partial charge in [0.1, 0.15) is 12.0 Å². The summed E-state index contributed by atoms with van der Waals surface area (Å²) in [6.45, 7) is 2.70. The normalized spacial score (nSPS) is 14.7. The van der Waals surface area contributed by atoms with E-state index in [9.17, 15) is 4.79 Å². The van der Waals surface area contributed by atoms with Gasteiger partial charge in [-0.2, -0.15) is 0 Å². The van der Waals surface area contributed by atoms with E-state index in [4.69, 9.17) is 0 Å². The highest BCUT2D eigenvalue weighted by molar-refractivity contribution is 5.76. The zero-order valence-electron chi connectivity index (χ0n) is 10.2. The van der Waals surface area contributed by atoms with Crippen LogP contribution in [0.3, 0.4) is 0 Å². The summed E-state index contributed by atoms with van der Waals surface area (Å²) >= 11 is 0. The van der Waals surface area contributed by atoms with Gasteiger partial charge in [-0.1, -0.05) is 5.21 Å². The fourth-order valence-electron chi connectivity index (χ4n) is 1.92. The molecule has 0 unspecified atom stereocenters. The standard InChI is InChI=1S/C11H13N7O/c19-11-14-1-2-17(11)3-4-18-7-10(15-16-18)9-5-12-8-13-6-9/h5-8H,1-4H2,(H,14,19). The summed E-state index contributed by atoms with van der Waals surface area (Å²) in [5.74, 6) is 0. The third-order valence-electron chi connectivity index (χ3n) is 2.94. The third kappa shape index (κ3) is 2.51. The average Bonchev–Trinajstić information content (AvgIpc) is 3.06. The Morgan fingerprint density at radius 3 is 2.84 bits per heavy atom. The van der Waals surface area contributed by atoms with E-state index in [0.29, 0.717) is 19.6 Å². The molecule has 0 atom stereocenters. The number of carbonyl (C=O) groups excluding carboxylic acids is 1. The Morgan fingerprint density at radius 2 is 2.11 bits per heavy atom. The molecule has 19 heavy (non-hydrogen) atoms. The Balaban J connectivity index is 1.64. The number of nitrogens with one attached hydrogen (secondary N) is 1. The van der Waals surface area contributed by atoms with Gasteiger partial charge in [0.05, 0.1) is 12.7 Å². The van der Waals surface area contributed by atoms with Gasteiger partial charge in [0, 0.05) is 37.6 Å². The van der Waals surface area contributed by atoms with E-state index in [-0.39, 0.29) is 6.03 Å². The highest BCUT2D eigenvalue weighted by Crippen LogP contribution is 2.12. The van der Waals surface area contributed by atoms with E-state index in [1.807, 2.05) is 6.20 Å². The lowest BCUT2D eigenvalue weighted by molar-refractivity contribution is 0.215. The molecule has 3 rings (SSSR count). The van der Waals surface area contributed by atoms with Crippen LogP contribution < -0.4 is 5.32 Å². The molecule has 1 N–H and O–H groups in total. The van der Waals surface area contributed by atoms with Crippen molar-refractivity contribution in [3.63, 3.8) is 0 Å². The molecule has 0 aromatic carbocycles. The van der Waals surface area contributed by atoms with Crippen molar-refractivity contribution in [3.05, 3.63) is 24.9 Å². The largest absolute Gasteiger partial charge is 0.336 e. The summed E-state index contributed by atoms with van der Waals surface area (Å²) < 4.78 is 1.72. The Labute approximate surface area is 109 Å². The van der Waals surface area contributed by atoms with Gasteiger partial charge in [-0.05, 0) is 0 Å². The third-order valence-corrected chi connectivity index (χ3v) is 2.94. The molecular formula is C11H13N7O. The maximum Gasteiger partial charge on any atom is 0.317 e. The zero-order chi connectivity index (χ0) is 13.1. The molecule has 3 heterocycles. The molecule has 1 fully saturated rings. The van der Waals surface area contributed by atoms with Crippen LogP contribution in [0.25, 0.3) is 11.3 Å². The first kappa shape index (κ1) is 11.6. The average molecular weight is 259 g/mol. The lowest BCUT2D eigenvalue weighted by Crippen LogP contribution is -2.31. The first-order valence-electron chi connectivity index (χ1n) is 6.01. The van der Waals surface area contributed by atoms with Crippen LogP contribution in [0.4, 0.5) is 4.79 Å². The van der Waals surface area contributed by atoms with E-state index in [1.54, 1.807) is 22.0 Å². The van der Waals surface area contributed by atoms with Crippen LogP contribution in [0.5, 0.6) is 0 Å². The zero-order valence-corrected chi connectivity index (χ0v) is 10.2. The number of hydrogen-bond donors (Lipinski definition) is 1. The maximum atomic E-state index is 11.4. The van der Waals surface area contributed by atoms with Crippen molar-refractivity contribution in [2.45, 2.75) is 6.54 Å². The number of aromatic nitrogens is 5. The summed E-state index contributed by atoms with van der Waals surface area (Å²) in [6.07, 6.45) is 6.68. The number of nitrogens with zero attached hydrogens (tertiary/aromatic N) is 6. The highest BCUT2D eigenvalue weighted by Gasteiger charge is 2.18. The van der Waals surface area contributed by atoms with Crippen LogP contribution in [0, 0.1) is 0 Å². The molecule has 8 heteroatoms. The fourth-order valence-corrected chi connectivity index (χ4v) is 1.92. The topological polar surface area (TPSA) is 88.8 Å². The number of hydrogen-bond acceptors (Lipinski definition) is 5. The second-order valence-electron chi connectivity index (χ2n) is 4.21. The van der Waals surface area contributed by atoms with Crippen molar-refractivity contribution >= 4 is 6.03 Å². The second kappa shape index (κ2) is 5.01. The summed E-state index contributed by atoms with van der Waals surface area (Å²) in [7, 11) is 0. The van der Waals surface area contributed by atoms with Crippen LogP contribution >= 0.6 is 0 Å². The molecule has 1 saturated heterocycles. The van der Waals surface area contributed by atoms with Crippen molar-refractivity contribution in [1.82, 2.24) is 35.2 Å². The van der Waals surface area contributed by atoms with Crippen molar-refractivity contribution in [2.24, 2.45) is 0 Å². The molecular weight excluding hydrogens is 246 g/mol. The van der Waals surface area contributed by atoms with E-state index < -0.39 is 0 Å². The summed E-state index contributed by atoms with van der Waals surface area (Å²) in [5, 5.41) is 10.9. The lowest BCUT2D eigenvalue weighted by atomic mass is 10.3. The van der Waals surface area contributed by atoms with Gasteiger partial charge in [0.2, 0.25) is 0 Å². The smallest absolute Gasteiger partial charge is 0.317 e. The molecule has 0 bridgehead atoms. The quantitative estimate of drug-likeness (QED) is 0.818. The van der Waals surface area contributed by atoms with Crippen LogP contribution in [0.15, 0.2) is 24.9 Å². The van der Waals surface area contributed by atoms with Gasteiger partial charge in [-0.3, -0.25) is 4.68 Å². The molecule has 0 aliphatic carbocycles. The molecule has 2 amide bonds. The first-order chi connectivity index (χ1) is 9.33. The molecule has 0 spiro atoms.